The number of hydrogen-bond donors (Lipinski definition) is 1. The minimum Gasteiger partial charge on any atom is -0.497 e. The predicted molar refractivity (Wildman–Crippen MR) is 138 cm³/mol. The fraction of sp³-hybridized carbons (Fsp3) is 0.444. The maximum Gasteiger partial charge on any atom is 0.230 e. The van der Waals surface area contributed by atoms with Crippen molar-refractivity contribution in [3.63, 3.8) is 0 Å². The quantitative estimate of drug-likeness (QED) is 0.436. The molecule has 6 nitrogen and oxygen atoms in total. The van der Waals surface area contributed by atoms with Gasteiger partial charge in [-0.15, -0.1) is 10.2 Å². The molecular formula is C27H34N4O2S. The van der Waals surface area contributed by atoms with Crippen molar-refractivity contribution in [2.24, 2.45) is 0 Å². The topological polar surface area (TPSA) is 69.0 Å². The van der Waals surface area contributed by atoms with Gasteiger partial charge in [0.05, 0.1) is 12.9 Å². The van der Waals surface area contributed by atoms with Crippen molar-refractivity contribution in [3.05, 3.63) is 54.1 Å². The smallest absolute Gasteiger partial charge is 0.230 e. The largest absolute Gasteiger partial charge is 0.497 e. The van der Waals surface area contributed by atoms with E-state index in [0.29, 0.717) is 17.0 Å². The van der Waals surface area contributed by atoms with Crippen molar-refractivity contribution in [1.82, 2.24) is 20.1 Å². The van der Waals surface area contributed by atoms with Gasteiger partial charge in [-0.3, -0.25) is 9.36 Å². The summed E-state index contributed by atoms with van der Waals surface area (Å²) in [5.41, 5.74) is 3.25. The average Bonchev–Trinajstić information content (AvgIpc) is 3.27. The van der Waals surface area contributed by atoms with Crippen molar-refractivity contribution >= 4 is 17.7 Å². The molecule has 1 aliphatic rings. The summed E-state index contributed by atoms with van der Waals surface area (Å²) in [6, 6.07) is 16.6. The van der Waals surface area contributed by atoms with Gasteiger partial charge < -0.3 is 10.1 Å². The fourth-order valence-corrected chi connectivity index (χ4v) is 5.04. The van der Waals surface area contributed by atoms with Crippen molar-refractivity contribution < 1.29 is 9.53 Å². The molecule has 0 bridgehead atoms. The van der Waals surface area contributed by atoms with Crippen LogP contribution in [0.25, 0.3) is 17.1 Å². The third-order valence-corrected chi connectivity index (χ3v) is 7.20. The Labute approximate surface area is 206 Å². The highest BCUT2D eigenvalue weighted by Crippen LogP contribution is 2.31. The zero-order valence-electron chi connectivity index (χ0n) is 20.5. The van der Waals surface area contributed by atoms with Crippen LogP contribution in [0.15, 0.2) is 53.7 Å². The first-order valence-corrected chi connectivity index (χ1v) is 13.0. The molecule has 1 fully saturated rings. The van der Waals surface area contributed by atoms with Gasteiger partial charge in [-0.05, 0) is 48.1 Å². The lowest BCUT2D eigenvalue weighted by Crippen LogP contribution is -2.37. The van der Waals surface area contributed by atoms with Crippen LogP contribution in [-0.4, -0.2) is 39.6 Å². The van der Waals surface area contributed by atoms with Crippen LogP contribution < -0.4 is 10.1 Å². The molecule has 0 saturated heterocycles. The van der Waals surface area contributed by atoms with Crippen molar-refractivity contribution in [1.29, 1.82) is 0 Å². The summed E-state index contributed by atoms with van der Waals surface area (Å²) < 4.78 is 7.35. The summed E-state index contributed by atoms with van der Waals surface area (Å²) in [6.07, 6.45) is 5.81. The highest BCUT2D eigenvalue weighted by Gasteiger charge is 2.20. The number of aromatic nitrogens is 3. The zero-order chi connectivity index (χ0) is 24.1. The van der Waals surface area contributed by atoms with Crippen LogP contribution >= 0.6 is 11.8 Å². The highest BCUT2D eigenvalue weighted by atomic mass is 32.2. The molecule has 1 heterocycles. The third kappa shape index (κ3) is 5.81. The number of carbonyl (C=O) groups excluding carboxylic acids is 1. The van der Waals surface area contributed by atoms with Crippen molar-refractivity contribution in [3.8, 4) is 22.8 Å². The average molecular weight is 479 g/mol. The minimum absolute atomic E-state index is 0.0530. The summed E-state index contributed by atoms with van der Waals surface area (Å²) >= 11 is 1.42. The summed E-state index contributed by atoms with van der Waals surface area (Å²) in [5.74, 6) is 1.90. The Morgan fingerprint density at radius 3 is 2.32 bits per heavy atom. The van der Waals surface area contributed by atoms with E-state index in [2.05, 4.69) is 60.6 Å². The number of nitrogens with one attached hydrogen (secondary N) is 1. The van der Waals surface area contributed by atoms with Gasteiger partial charge in [-0.1, -0.05) is 76.1 Å². The predicted octanol–water partition coefficient (Wildman–Crippen LogP) is 5.78. The first-order chi connectivity index (χ1) is 16.3. The van der Waals surface area contributed by atoms with Crippen LogP contribution in [0.4, 0.5) is 0 Å². The van der Waals surface area contributed by atoms with E-state index in [9.17, 15) is 4.79 Å². The van der Waals surface area contributed by atoms with Gasteiger partial charge in [0, 0.05) is 17.3 Å². The lowest BCUT2D eigenvalue weighted by atomic mass is 9.87. The highest BCUT2D eigenvalue weighted by molar-refractivity contribution is 7.99. The number of hydrogen-bond acceptors (Lipinski definition) is 5. The van der Waals surface area contributed by atoms with E-state index in [4.69, 9.17) is 4.74 Å². The number of benzene rings is 2. The molecule has 1 saturated carbocycles. The van der Waals surface area contributed by atoms with Gasteiger partial charge in [-0.25, -0.2) is 0 Å². The number of thioether (sulfide) groups is 1. The number of rotatable bonds is 7. The normalized spacial score (nSPS) is 14.7. The van der Waals surface area contributed by atoms with Crippen LogP contribution in [-0.2, 0) is 10.2 Å². The van der Waals surface area contributed by atoms with E-state index in [1.54, 1.807) is 7.11 Å². The molecule has 1 aliphatic carbocycles. The summed E-state index contributed by atoms with van der Waals surface area (Å²) in [4.78, 5) is 12.6. The van der Waals surface area contributed by atoms with Crippen LogP contribution in [0.5, 0.6) is 5.75 Å². The Morgan fingerprint density at radius 2 is 1.71 bits per heavy atom. The summed E-state index contributed by atoms with van der Waals surface area (Å²) in [7, 11) is 1.65. The van der Waals surface area contributed by atoms with E-state index in [1.807, 2.05) is 28.8 Å². The number of ether oxygens (including phenoxy) is 1. The summed E-state index contributed by atoms with van der Waals surface area (Å²) in [6.45, 7) is 6.61. The number of carbonyl (C=O) groups is 1. The molecule has 180 valence electrons. The molecule has 0 unspecified atom stereocenters. The first-order valence-electron chi connectivity index (χ1n) is 12.0. The molecule has 34 heavy (non-hydrogen) atoms. The Hall–Kier alpha value is -2.80. The van der Waals surface area contributed by atoms with Gasteiger partial charge in [0.1, 0.15) is 5.75 Å². The summed E-state index contributed by atoms with van der Waals surface area (Å²) in [5, 5.41) is 12.9. The van der Waals surface area contributed by atoms with E-state index in [0.717, 1.165) is 35.7 Å². The number of methoxy groups -OCH3 is 1. The van der Waals surface area contributed by atoms with Crippen LogP contribution in [0.3, 0.4) is 0 Å². The minimum atomic E-state index is 0.0530. The first kappa shape index (κ1) is 24.3. The van der Waals surface area contributed by atoms with E-state index < -0.39 is 0 Å². The SMILES string of the molecule is COc1ccc(-n2c(SCC(=O)NC3CCCCC3)nnc2-c2ccc(C(C)(C)C)cc2)cc1. The van der Waals surface area contributed by atoms with Gasteiger partial charge in [0.2, 0.25) is 5.91 Å². The molecule has 1 aromatic heterocycles. The second-order valence-electron chi connectivity index (χ2n) is 9.86. The molecule has 0 aliphatic heterocycles. The standard InChI is InChI=1S/C27H34N4O2S/c1-27(2,3)20-12-10-19(11-13-20)25-29-30-26(31(25)22-14-16-23(33-4)17-15-22)34-18-24(32)28-21-8-6-5-7-9-21/h10-17,21H,5-9,18H2,1-4H3,(H,28,32). The van der Waals surface area contributed by atoms with Crippen LogP contribution in [0, 0.1) is 0 Å². The molecule has 0 atom stereocenters. The third-order valence-electron chi connectivity index (χ3n) is 6.28. The molecule has 0 radical (unpaired) electrons. The molecule has 7 heteroatoms. The molecular weight excluding hydrogens is 444 g/mol. The Balaban J connectivity index is 1.59. The van der Waals surface area contributed by atoms with E-state index in [-0.39, 0.29) is 11.3 Å². The van der Waals surface area contributed by atoms with Gasteiger partial charge >= 0.3 is 0 Å². The van der Waals surface area contributed by atoms with Gasteiger partial charge in [-0.2, -0.15) is 0 Å². The van der Waals surface area contributed by atoms with Crippen LogP contribution in [0.2, 0.25) is 0 Å². The Bertz CT molecular complexity index is 1100. The Kier molecular flexibility index (Phi) is 7.61. The Morgan fingerprint density at radius 1 is 1.03 bits per heavy atom. The fourth-order valence-electron chi connectivity index (χ4n) is 4.28. The second-order valence-corrected chi connectivity index (χ2v) is 10.8. The van der Waals surface area contributed by atoms with Crippen LogP contribution in [0.1, 0.15) is 58.4 Å². The van der Waals surface area contributed by atoms with E-state index in [1.165, 1.54) is 36.6 Å². The van der Waals surface area contributed by atoms with Gasteiger partial charge in [0.15, 0.2) is 11.0 Å². The van der Waals surface area contributed by atoms with Crippen molar-refractivity contribution in [2.75, 3.05) is 12.9 Å². The lowest BCUT2D eigenvalue weighted by molar-refractivity contribution is -0.119. The molecule has 0 spiro atoms. The number of amides is 1. The molecule has 2 aromatic carbocycles. The second kappa shape index (κ2) is 10.6. The zero-order valence-corrected chi connectivity index (χ0v) is 21.3. The molecule has 4 rings (SSSR count). The maximum absolute atomic E-state index is 12.6. The van der Waals surface area contributed by atoms with Crippen molar-refractivity contribution in [2.45, 2.75) is 69.5 Å². The number of nitrogens with zero attached hydrogens (tertiary/aromatic N) is 3. The maximum atomic E-state index is 12.6. The lowest BCUT2D eigenvalue weighted by Gasteiger charge is -2.22. The molecule has 1 N–H and O–H groups in total. The molecule has 3 aromatic rings. The molecule has 1 amide bonds. The van der Waals surface area contributed by atoms with E-state index >= 15 is 0 Å². The monoisotopic (exact) mass is 478 g/mol. The van der Waals surface area contributed by atoms with Gasteiger partial charge in [0.25, 0.3) is 0 Å².